The highest BCUT2D eigenvalue weighted by atomic mass is 32.2. The van der Waals surface area contributed by atoms with Crippen LogP contribution in [-0.2, 0) is 14.8 Å². The highest BCUT2D eigenvalue weighted by molar-refractivity contribution is 7.89. The zero-order valence-corrected chi connectivity index (χ0v) is 8.51. The second-order valence-corrected chi connectivity index (χ2v) is 5.87. The van der Waals surface area contributed by atoms with E-state index in [0.717, 1.165) is 19.3 Å². The molecule has 0 aromatic heterocycles. The van der Waals surface area contributed by atoms with Crippen molar-refractivity contribution < 1.29 is 13.2 Å². The number of rotatable bonds is 2. The van der Waals surface area contributed by atoms with E-state index >= 15 is 0 Å². The maximum atomic E-state index is 11.2. The van der Waals surface area contributed by atoms with E-state index in [1.54, 1.807) is 7.11 Å². The first-order chi connectivity index (χ1) is 6.00. The van der Waals surface area contributed by atoms with E-state index in [1.165, 1.54) is 0 Å². The Kier molecular flexibility index (Phi) is 1.94. The molecule has 2 unspecified atom stereocenters. The zero-order chi connectivity index (χ0) is 9.69. The van der Waals surface area contributed by atoms with Gasteiger partial charge in [0.1, 0.15) is 0 Å². The van der Waals surface area contributed by atoms with E-state index in [1.807, 2.05) is 0 Å². The van der Waals surface area contributed by atoms with Crippen LogP contribution in [0, 0.1) is 5.41 Å². The minimum atomic E-state index is -3.36. The summed E-state index contributed by atoms with van der Waals surface area (Å²) in [4.78, 5) is 0. The molecule has 4 nitrogen and oxygen atoms in total. The maximum absolute atomic E-state index is 11.2. The molecule has 2 saturated carbocycles. The molecule has 2 aliphatic rings. The summed E-state index contributed by atoms with van der Waals surface area (Å²) in [5, 5.41) is 4.81. The number of nitrogens with two attached hydrogens (primary N) is 1. The van der Waals surface area contributed by atoms with Gasteiger partial charge in [0.15, 0.2) is 0 Å². The van der Waals surface area contributed by atoms with Crippen molar-refractivity contribution >= 4 is 10.0 Å². The number of hydrogen-bond donors (Lipinski definition) is 1. The molecule has 2 rings (SSSR count). The van der Waals surface area contributed by atoms with Gasteiger partial charge >= 0.3 is 0 Å². The van der Waals surface area contributed by atoms with Crippen LogP contribution in [0.15, 0.2) is 0 Å². The summed E-state index contributed by atoms with van der Waals surface area (Å²) in [6, 6.07) is 0. The van der Waals surface area contributed by atoms with Crippen molar-refractivity contribution in [2.45, 2.75) is 37.0 Å². The highest BCUT2D eigenvalue weighted by Crippen LogP contribution is 2.59. The second-order valence-electron chi connectivity index (χ2n) is 4.12. The van der Waals surface area contributed by atoms with E-state index in [-0.39, 0.29) is 16.8 Å². The van der Waals surface area contributed by atoms with Crippen LogP contribution >= 0.6 is 0 Å². The van der Waals surface area contributed by atoms with Crippen LogP contribution in [0.2, 0.25) is 0 Å². The van der Waals surface area contributed by atoms with Gasteiger partial charge in [-0.2, -0.15) is 0 Å². The van der Waals surface area contributed by atoms with Crippen LogP contribution in [-0.4, -0.2) is 26.9 Å². The van der Waals surface area contributed by atoms with Gasteiger partial charge < -0.3 is 4.74 Å². The third-order valence-electron chi connectivity index (χ3n) is 3.68. The molecule has 2 N–H and O–H groups in total. The molecule has 2 fully saturated rings. The molecule has 2 atom stereocenters. The Bertz CT molecular complexity index is 307. The van der Waals surface area contributed by atoms with Crippen molar-refractivity contribution in [2.24, 2.45) is 10.6 Å². The minimum Gasteiger partial charge on any atom is -0.381 e. The van der Waals surface area contributed by atoms with E-state index in [2.05, 4.69) is 0 Å². The predicted octanol–water partition coefficient (Wildman–Crippen LogP) is 0.232. The molecular weight excluding hydrogens is 190 g/mol. The van der Waals surface area contributed by atoms with Crippen LogP contribution in [0.3, 0.4) is 0 Å². The maximum Gasteiger partial charge on any atom is 0.212 e. The minimum absolute atomic E-state index is 0.115. The number of hydrogen-bond acceptors (Lipinski definition) is 3. The standard InChI is InChI=1S/C8H15NO3S/c1-12-6-5-7(13(9,10)11)8(6)3-2-4-8/h6-7H,2-5H2,1H3,(H2,9,10,11). The molecule has 0 saturated heterocycles. The van der Waals surface area contributed by atoms with Crippen molar-refractivity contribution in [3.8, 4) is 0 Å². The Labute approximate surface area is 78.5 Å². The first-order valence-electron chi connectivity index (χ1n) is 4.55. The molecule has 2 aliphatic carbocycles. The Morgan fingerprint density at radius 3 is 2.38 bits per heavy atom. The summed E-state index contributed by atoms with van der Waals surface area (Å²) in [7, 11) is -1.71. The largest absolute Gasteiger partial charge is 0.381 e. The molecule has 1 spiro atoms. The molecule has 76 valence electrons. The fourth-order valence-corrected chi connectivity index (χ4v) is 4.22. The fourth-order valence-electron chi connectivity index (χ4n) is 2.73. The average Bonchev–Trinajstić information content (AvgIpc) is 1.78. The molecule has 0 aromatic carbocycles. The molecule has 0 radical (unpaired) electrons. The van der Waals surface area contributed by atoms with Crippen molar-refractivity contribution in [1.82, 2.24) is 0 Å². The van der Waals surface area contributed by atoms with Gasteiger partial charge in [-0.15, -0.1) is 0 Å². The van der Waals surface area contributed by atoms with E-state index in [9.17, 15) is 8.42 Å². The first-order valence-corrected chi connectivity index (χ1v) is 6.16. The molecule has 0 amide bonds. The van der Waals surface area contributed by atoms with Crippen molar-refractivity contribution in [3.63, 3.8) is 0 Å². The van der Waals surface area contributed by atoms with Gasteiger partial charge in [0.25, 0.3) is 0 Å². The van der Waals surface area contributed by atoms with Gasteiger partial charge in [0.05, 0.1) is 11.4 Å². The van der Waals surface area contributed by atoms with E-state index in [4.69, 9.17) is 9.88 Å². The van der Waals surface area contributed by atoms with E-state index in [0.29, 0.717) is 6.42 Å². The molecule has 0 aromatic rings. The lowest BCUT2D eigenvalue weighted by atomic mass is 9.54. The fraction of sp³-hybridized carbons (Fsp3) is 1.00. The zero-order valence-electron chi connectivity index (χ0n) is 7.69. The monoisotopic (exact) mass is 205 g/mol. The SMILES string of the molecule is COC1CC(S(N)(=O)=O)C12CCC2. The van der Waals surface area contributed by atoms with Crippen LogP contribution in [0.25, 0.3) is 0 Å². The summed E-state index contributed by atoms with van der Waals surface area (Å²) in [6.45, 7) is 0. The Hall–Kier alpha value is -0.130. The normalized spacial score (nSPS) is 36.8. The Balaban J connectivity index is 2.19. The van der Waals surface area contributed by atoms with Gasteiger partial charge in [-0.05, 0) is 19.3 Å². The number of ether oxygens (including phenoxy) is 1. The van der Waals surface area contributed by atoms with E-state index < -0.39 is 10.0 Å². The molecule has 13 heavy (non-hydrogen) atoms. The van der Waals surface area contributed by atoms with Gasteiger partial charge in [-0.1, -0.05) is 6.42 Å². The molecule has 0 heterocycles. The number of primary sulfonamides is 1. The number of sulfonamides is 1. The van der Waals surface area contributed by atoms with Gasteiger partial charge in [-0.3, -0.25) is 0 Å². The van der Waals surface area contributed by atoms with Gasteiger partial charge in [0.2, 0.25) is 10.0 Å². The lowest BCUT2D eigenvalue weighted by Gasteiger charge is -2.59. The summed E-state index contributed by atoms with van der Waals surface area (Å²) >= 11 is 0. The highest BCUT2D eigenvalue weighted by Gasteiger charge is 2.62. The van der Waals surface area contributed by atoms with Gasteiger partial charge in [0, 0.05) is 12.5 Å². The van der Waals surface area contributed by atoms with Crippen LogP contribution in [0.4, 0.5) is 0 Å². The topological polar surface area (TPSA) is 69.4 Å². The molecule has 5 heteroatoms. The first kappa shape index (κ1) is 9.43. The second kappa shape index (κ2) is 2.68. The Morgan fingerprint density at radius 2 is 2.08 bits per heavy atom. The molecular formula is C8H15NO3S. The summed E-state index contributed by atoms with van der Waals surface area (Å²) < 4.78 is 27.7. The lowest BCUT2D eigenvalue weighted by molar-refractivity contribution is -0.130. The average molecular weight is 205 g/mol. The predicted molar refractivity (Wildman–Crippen MR) is 48.6 cm³/mol. The van der Waals surface area contributed by atoms with Crippen molar-refractivity contribution in [1.29, 1.82) is 0 Å². The molecule has 0 bridgehead atoms. The smallest absolute Gasteiger partial charge is 0.212 e. The summed E-state index contributed by atoms with van der Waals surface area (Å²) in [6.07, 6.45) is 3.70. The lowest BCUT2D eigenvalue weighted by Crippen LogP contribution is -2.65. The Morgan fingerprint density at radius 1 is 1.46 bits per heavy atom. The summed E-state index contributed by atoms with van der Waals surface area (Å²) in [5.41, 5.74) is -0.123. The van der Waals surface area contributed by atoms with Gasteiger partial charge in [-0.25, -0.2) is 13.6 Å². The number of methoxy groups -OCH3 is 1. The van der Waals surface area contributed by atoms with Crippen molar-refractivity contribution in [3.05, 3.63) is 0 Å². The third-order valence-corrected chi connectivity index (χ3v) is 5.13. The molecule has 0 aliphatic heterocycles. The quantitative estimate of drug-likeness (QED) is 0.701. The van der Waals surface area contributed by atoms with Crippen LogP contribution in [0.1, 0.15) is 25.7 Å². The van der Waals surface area contributed by atoms with Crippen molar-refractivity contribution in [2.75, 3.05) is 7.11 Å². The van der Waals surface area contributed by atoms with Crippen LogP contribution < -0.4 is 5.14 Å². The van der Waals surface area contributed by atoms with Crippen LogP contribution in [0.5, 0.6) is 0 Å². The third kappa shape index (κ3) is 1.14. The summed E-state index contributed by atoms with van der Waals surface area (Å²) in [5.74, 6) is 0.